The van der Waals surface area contributed by atoms with Crippen molar-refractivity contribution in [2.45, 2.75) is 41.0 Å². The van der Waals surface area contributed by atoms with Crippen LogP contribution in [0.1, 0.15) is 29.2 Å². The van der Waals surface area contributed by atoms with E-state index in [0.717, 1.165) is 23.0 Å². The van der Waals surface area contributed by atoms with E-state index in [1.807, 2.05) is 6.92 Å². The minimum atomic E-state index is -0.392. The summed E-state index contributed by atoms with van der Waals surface area (Å²) in [5.74, 6) is 1.59. The van der Waals surface area contributed by atoms with Crippen LogP contribution in [0.4, 0.5) is 23.0 Å². The summed E-state index contributed by atoms with van der Waals surface area (Å²) in [5, 5.41) is 0. The lowest BCUT2D eigenvalue weighted by Crippen LogP contribution is -2.41. The van der Waals surface area contributed by atoms with E-state index in [2.05, 4.69) is 98.2 Å². The third-order valence-electron chi connectivity index (χ3n) is 6.25. The lowest BCUT2D eigenvalue weighted by molar-refractivity contribution is 0.0767. The first-order valence-corrected chi connectivity index (χ1v) is 11.7. The van der Waals surface area contributed by atoms with Gasteiger partial charge in [-0.05, 0) is 92.3 Å². The maximum absolute atomic E-state index is 6.36. The second kappa shape index (κ2) is 8.92. The summed E-state index contributed by atoms with van der Waals surface area (Å²) in [6.07, 6.45) is 3.10. The largest absolute Gasteiger partial charge is 0.340 e. The number of aromatic nitrogens is 2. The summed E-state index contributed by atoms with van der Waals surface area (Å²) >= 11 is 0. The smallest absolute Gasteiger partial charge is 0.221 e. The zero-order chi connectivity index (χ0) is 23.8. The minimum absolute atomic E-state index is 0.392. The number of ether oxygens (including phenoxy) is 1. The Bertz CT molecular complexity index is 1310. The Hall–Kier alpha value is -3.70. The van der Waals surface area contributed by atoms with Crippen molar-refractivity contribution in [1.82, 2.24) is 9.97 Å². The normalized spacial score (nSPS) is 15.0. The molecular weight excluding hydrogens is 420 g/mol. The van der Waals surface area contributed by atoms with Crippen molar-refractivity contribution >= 4 is 23.0 Å². The number of fused-ring (bicyclic) bond motifs is 1. The van der Waals surface area contributed by atoms with Crippen molar-refractivity contribution in [3.63, 3.8) is 0 Å². The Kier molecular flexibility index (Phi) is 5.80. The number of anilines is 4. The number of aryl methyl sites for hydroxylation is 4. The number of rotatable bonds is 5. The predicted molar refractivity (Wildman–Crippen MR) is 139 cm³/mol. The Balaban J connectivity index is 1.67. The van der Waals surface area contributed by atoms with Crippen molar-refractivity contribution in [2.75, 3.05) is 16.4 Å². The molecule has 34 heavy (non-hydrogen) atoms. The van der Waals surface area contributed by atoms with Gasteiger partial charge in [-0.15, -0.1) is 0 Å². The van der Waals surface area contributed by atoms with Gasteiger partial charge in [-0.25, -0.2) is 9.97 Å². The summed E-state index contributed by atoms with van der Waals surface area (Å²) in [5.41, 5.74) is 9.44. The molecule has 1 atom stereocenters. The molecule has 0 saturated carbocycles. The minimum Gasteiger partial charge on any atom is -0.340 e. The van der Waals surface area contributed by atoms with Crippen LogP contribution in [-0.4, -0.2) is 22.9 Å². The van der Waals surface area contributed by atoms with Gasteiger partial charge in [0.1, 0.15) is 0 Å². The maximum atomic E-state index is 6.36. The monoisotopic (exact) mass is 450 g/mol. The highest BCUT2D eigenvalue weighted by molar-refractivity contribution is 5.84. The fourth-order valence-electron chi connectivity index (χ4n) is 4.96. The van der Waals surface area contributed by atoms with Crippen molar-refractivity contribution in [2.24, 2.45) is 0 Å². The van der Waals surface area contributed by atoms with Gasteiger partial charge in [0.2, 0.25) is 6.35 Å². The average molecular weight is 451 g/mol. The number of hydrogen-bond donors (Lipinski definition) is 0. The molecule has 1 aliphatic rings. The van der Waals surface area contributed by atoms with Crippen LogP contribution in [0.25, 0.3) is 11.1 Å². The van der Waals surface area contributed by atoms with Crippen molar-refractivity contribution < 1.29 is 4.74 Å². The molecule has 0 fully saturated rings. The van der Waals surface area contributed by atoms with Crippen LogP contribution >= 0.6 is 0 Å². The Morgan fingerprint density at radius 2 is 1.32 bits per heavy atom. The molecule has 2 heterocycles. The molecule has 0 aliphatic carbocycles. The molecule has 5 nitrogen and oxygen atoms in total. The molecule has 1 aromatic heterocycles. The van der Waals surface area contributed by atoms with Crippen molar-refractivity contribution in [3.8, 4) is 11.1 Å². The van der Waals surface area contributed by atoms with Crippen LogP contribution < -0.4 is 9.80 Å². The van der Waals surface area contributed by atoms with Gasteiger partial charge in [0.05, 0.1) is 0 Å². The highest BCUT2D eigenvalue weighted by atomic mass is 16.5. The highest BCUT2D eigenvalue weighted by Crippen LogP contribution is 2.46. The van der Waals surface area contributed by atoms with Crippen LogP contribution in [0.15, 0.2) is 73.1 Å². The first kappa shape index (κ1) is 22.1. The fraction of sp³-hybridized carbons (Fsp3) is 0.241. The van der Waals surface area contributed by atoms with Crippen molar-refractivity contribution in [1.29, 1.82) is 0 Å². The first-order valence-electron chi connectivity index (χ1n) is 11.7. The lowest BCUT2D eigenvalue weighted by atomic mass is 9.95. The third kappa shape index (κ3) is 3.82. The number of nitrogens with zero attached hydrogens (tertiary/aromatic N) is 4. The molecule has 3 aromatic carbocycles. The Morgan fingerprint density at radius 1 is 0.735 bits per heavy atom. The maximum Gasteiger partial charge on any atom is 0.221 e. The summed E-state index contributed by atoms with van der Waals surface area (Å²) in [6.45, 7) is 11.1. The van der Waals surface area contributed by atoms with Gasteiger partial charge in [-0.1, -0.05) is 36.4 Å². The average Bonchev–Trinajstić information content (AvgIpc) is 3.13. The summed E-state index contributed by atoms with van der Waals surface area (Å²) in [6, 6.07) is 21.6. The molecule has 4 aromatic rings. The first-order chi connectivity index (χ1) is 16.5. The Labute approximate surface area is 201 Å². The van der Waals surface area contributed by atoms with Gasteiger partial charge < -0.3 is 4.74 Å². The van der Waals surface area contributed by atoms with E-state index < -0.39 is 6.35 Å². The van der Waals surface area contributed by atoms with Gasteiger partial charge in [-0.2, -0.15) is 0 Å². The molecular formula is C29H30N4O. The van der Waals surface area contributed by atoms with Gasteiger partial charge in [0.15, 0.2) is 11.6 Å². The van der Waals surface area contributed by atoms with Crippen molar-refractivity contribution in [3.05, 3.63) is 95.3 Å². The Morgan fingerprint density at radius 3 is 1.94 bits per heavy atom. The van der Waals surface area contributed by atoms with Gasteiger partial charge in [0.25, 0.3) is 0 Å². The molecule has 0 amide bonds. The van der Waals surface area contributed by atoms with Crippen LogP contribution in [0.2, 0.25) is 0 Å². The lowest BCUT2D eigenvalue weighted by Gasteiger charge is -2.32. The predicted octanol–water partition coefficient (Wildman–Crippen LogP) is 6.99. The van der Waals surface area contributed by atoms with Crippen LogP contribution in [0.5, 0.6) is 0 Å². The standard InChI is InChI=1S/C29H30N4O/c1-6-34-29-32(24-12-8-11-23(18-24)26-21(4)9-7-10-22(26)5)27-28(31-14-13-30-27)33(29)25-16-19(2)15-20(3)17-25/h7-18,29H,6H2,1-5H3. The highest BCUT2D eigenvalue weighted by Gasteiger charge is 2.41. The van der Waals surface area contributed by atoms with Gasteiger partial charge in [0, 0.05) is 30.4 Å². The molecule has 0 N–H and O–H groups in total. The molecule has 0 saturated heterocycles. The van der Waals surface area contributed by atoms with E-state index in [1.165, 1.54) is 33.4 Å². The molecule has 5 heteroatoms. The number of hydrogen-bond acceptors (Lipinski definition) is 5. The molecule has 1 unspecified atom stereocenters. The molecule has 5 rings (SSSR count). The zero-order valence-corrected chi connectivity index (χ0v) is 20.4. The second-order valence-corrected chi connectivity index (χ2v) is 8.89. The SMILES string of the molecule is CCOC1N(c2cc(C)cc(C)c2)c2nccnc2N1c1cccc(-c2c(C)cccc2C)c1. The zero-order valence-electron chi connectivity index (χ0n) is 20.4. The molecule has 0 bridgehead atoms. The van der Waals surface area contributed by atoms with E-state index in [-0.39, 0.29) is 0 Å². The van der Waals surface area contributed by atoms with Gasteiger partial charge >= 0.3 is 0 Å². The quantitative estimate of drug-likeness (QED) is 0.328. The van der Waals surface area contributed by atoms with E-state index in [4.69, 9.17) is 14.7 Å². The van der Waals surface area contributed by atoms with E-state index in [0.29, 0.717) is 6.61 Å². The van der Waals surface area contributed by atoms with E-state index in [1.54, 1.807) is 12.4 Å². The summed E-state index contributed by atoms with van der Waals surface area (Å²) in [4.78, 5) is 13.8. The van der Waals surface area contributed by atoms with E-state index >= 15 is 0 Å². The van der Waals surface area contributed by atoms with E-state index in [9.17, 15) is 0 Å². The van der Waals surface area contributed by atoms with Crippen LogP contribution in [0.3, 0.4) is 0 Å². The molecule has 0 spiro atoms. The molecule has 1 aliphatic heterocycles. The molecule has 172 valence electrons. The second-order valence-electron chi connectivity index (χ2n) is 8.89. The van der Waals surface area contributed by atoms with Crippen LogP contribution in [-0.2, 0) is 4.74 Å². The van der Waals surface area contributed by atoms with Crippen LogP contribution in [0, 0.1) is 27.7 Å². The summed E-state index contributed by atoms with van der Waals surface area (Å²) in [7, 11) is 0. The molecule has 0 radical (unpaired) electrons. The number of benzene rings is 3. The van der Waals surface area contributed by atoms with Gasteiger partial charge in [-0.3, -0.25) is 9.80 Å². The summed E-state index contributed by atoms with van der Waals surface area (Å²) < 4.78 is 6.36. The third-order valence-corrected chi connectivity index (χ3v) is 6.25. The topological polar surface area (TPSA) is 41.5 Å². The fourth-order valence-corrected chi connectivity index (χ4v) is 4.96.